The molecule has 0 aromatic rings. The fourth-order valence-electron chi connectivity index (χ4n) is 4.21. The predicted octanol–water partition coefficient (Wildman–Crippen LogP) is 10.1. The number of hydrogen-bond acceptors (Lipinski definition) is 0. The lowest BCUT2D eigenvalue weighted by atomic mass is 9.91. The highest BCUT2D eigenvalue weighted by Gasteiger charge is 2.07. The first-order valence-corrected chi connectivity index (χ1v) is 12.6. The Kier molecular flexibility index (Phi) is 23.0. The third-order valence-corrected chi connectivity index (χ3v) is 6.04. The molecule has 0 spiro atoms. The molecule has 1 radical (unpaired) electrons. The maximum atomic E-state index is 4.09. The Morgan fingerprint density at radius 1 is 0.423 bits per heavy atom. The molecule has 1 unspecified atom stereocenters. The summed E-state index contributed by atoms with van der Waals surface area (Å²) in [5, 5.41) is 0. The van der Waals surface area contributed by atoms with E-state index in [4.69, 9.17) is 0 Å². The molecule has 1 atom stereocenters. The lowest BCUT2D eigenvalue weighted by Gasteiger charge is -2.15. The average Bonchev–Trinajstić information content (AvgIpc) is 2.65. The van der Waals surface area contributed by atoms with E-state index in [1.54, 1.807) is 0 Å². The van der Waals surface area contributed by atoms with Crippen molar-refractivity contribution >= 4 is 0 Å². The van der Waals surface area contributed by atoms with Crippen LogP contribution in [0.15, 0.2) is 0 Å². The quantitative estimate of drug-likeness (QED) is 0.167. The minimum atomic E-state index is 0.974. The molecule has 0 saturated heterocycles. The van der Waals surface area contributed by atoms with Crippen molar-refractivity contribution in [2.24, 2.45) is 5.92 Å². The standard InChI is InChI=1S/C26H53/c1-4-7-9-11-12-13-14-15-16-17-18-19-20-22-25-26(23-6-3)24-21-10-8-5-2/h26H,3-25H2,1-2H3. The zero-order valence-corrected chi connectivity index (χ0v) is 18.8. The molecule has 0 aliphatic heterocycles. The van der Waals surface area contributed by atoms with Crippen LogP contribution in [-0.2, 0) is 0 Å². The van der Waals surface area contributed by atoms with Gasteiger partial charge in [-0.1, -0.05) is 162 Å². The summed E-state index contributed by atoms with van der Waals surface area (Å²) in [7, 11) is 0. The van der Waals surface area contributed by atoms with Crippen LogP contribution in [0, 0.1) is 12.8 Å². The number of unbranched alkanes of at least 4 members (excludes halogenated alkanes) is 16. The maximum absolute atomic E-state index is 4.09. The molecule has 0 aromatic carbocycles. The van der Waals surface area contributed by atoms with E-state index in [-0.39, 0.29) is 0 Å². The highest BCUT2D eigenvalue weighted by atomic mass is 14.1. The zero-order valence-electron chi connectivity index (χ0n) is 18.8. The van der Waals surface area contributed by atoms with Crippen LogP contribution in [0.1, 0.15) is 155 Å². The van der Waals surface area contributed by atoms with E-state index in [0.29, 0.717) is 0 Å². The molecule has 0 rings (SSSR count). The van der Waals surface area contributed by atoms with Gasteiger partial charge in [0.25, 0.3) is 0 Å². The Labute approximate surface area is 168 Å². The highest BCUT2D eigenvalue weighted by Crippen LogP contribution is 2.23. The molecular formula is C26H53. The van der Waals surface area contributed by atoms with Gasteiger partial charge in [-0.2, -0.15) is 0 Å². The smallest absolute Gasteiger partial charge is 0.0414 e. The van der Waals surface area contributed by atoms with Crippen LogP contribution in [-0.4, -0.2) is 0 Å². The van der Waals surface area contributed by atoms with Crippen molar-refractivity contribution < 1.29 is 0 Å². The minimum Gasteiger partial charge on any atom is -0.0654 e. The third kappa shape index (κ3) is 20.3. The molecule has 0 aromatic heterocycles. The molecule has 0 N–H and O–H groups in total. The normalized spacial score (nSPS) is 12.6. The molecule has 0 bridgehead atoms. The summed E-state index contributed by atoms with van der Waals surface area (Å²) in [6.45, 7) is 8.70. The monoisotopic (exact) mass is 365 g/mol. The summed E-state index contributed by atoms with van der Waals surface area (Å²) < 4.78 is 0. The van der Waals surface area contributed by atoms with Gasteiger partial charge in [0, 0.05) is 0 Å². The molecule has 0 amide bonds. The fraction of sp³-hybridized carbons (Fsp3) is 0.962. The van der Waals surface area contributed by atoms with Gasteiger partial charge in [-0.25, -0.2) is 0 Å². The van der Waals surface area contributed by atoms with Gasteiger partial charge < -0.3 is 0 Å². The summed E-state index contributed by atoms with van der Waals surface area (Å²) in [6, 6.07) is 0. The van der Waals surface area contributed by atoms with Crippen LogP contribution < -0.4 is 0 Å². The van der Waals surface area contributed by atoms with Crippen LogP contribution >= 0.6 is 0 Å². The predicted molar refractivity (Wildman–Crippen MR) is 122 cm³/mol. The Morgan fingerprint density at radius 3 is 1.08 bits per heavy atom. The minimum absolute atomic E-state index is 0.974. The van der Waals surface area contributed by atoms with Crippen molar-refractivity contribution in [2.75, 3.05) is 0 Å². The molecule has 0 aliphatic rings. The van der Waals surface area contributed by atoms with Crippen LogP contribution in [0.4, 0.5) is 0 Å². The zero-order chi connectivity index (χ0) is 19.1. The fourth-order valence-corrected chi connectivity index (χ4v) is 4.21. The topological polar surface area (TPSA) is 0 Å². The number of hydrogen-bond donors (Lipinski definition) is 0. The number of rotatable bonds is 22. The molecule has 0 nitrogen and oxygen atoms in total. The molecule has 0 saturated carbocycles. The Bertz CT molecular complexity index is 232. The van der Waals surface area contributed by atoms with E-state index in [0.717, 1.165) is 12.3 Å². The highest BCUT2D eigenvalue weighted by molar-refractivity contribution is 4.62. The lowest BCUT2D eigenvalue weighted by molar-refractivity contribution is 0.383. The van der Waals surface area contributed by atoms with E-state index in [2.05, 4.69) is 20.8 Å². The van der Waals surface area contributed by atoms with Crippen molar-refractivity contribution in [1.29, 1.82) is 0 Å². The van der Waals surface area contributed by atoms with E-state index in [1.807, 2.05) is 0 Å². The van der Waals surface area contributed by atoms with Gasteiger partial charge in [-0.05, 0) is 5.92 Å². The summed E-state index contributed by atoms with van der Waals surface area (Å²) in [5.74, 6) is 0.974. The lowest BCUT2D eigenvalue weighted by Crippen LogP contribution is -2.00. The second-order valence-corrected chi connectivity index (χ2v) is 8.74. The van der Waals surface area contributed by atoms with E-state index in [1.165, 1.54) is 135 Å². The SMILES string of the molecule is [CH2]CCC(CCCCCC)CCCCCCCCCCCCCCCC. The third-order valence-electron chi connectivity index (χ3n) is 6.04. The van der Waals surface area contributed by atoms with Crippen LogP contribution in [0.2, 0.25) is 0 Å². The molecule has 26 heavy (non-hydrogen) atoms. The molecule has 0 aliphatic carbocycles. The van der Waals surface area contributed by atoms with Crippen molar-refractivity contribution in [3.63, 3.8) is 0 Å². The van der Waals surface area contributed by atoms with E-state index >= 15 is 0 Å². The maximum Gasteiger partial charge on any atom is -0.0414 e. The van der Waals surface area contributed by atoms with Crippen LogP contribution in [0.3, 0.4) is 0 Å². The van der Waals surface area contributed by atoms with Gasteiger partial charge in [0.05, 0.1) is 0 Å². The summed E-state index contributed by atoms with van der Waals surface area (Å²) in [4.78, 5) is 0. The van der Waals surface area contributed by atoms with Gasteiger partial charge in [0.15, 0.2) is 0 Å². The first kappa shape index (κ1) is 26.0. The van der Waals surface area contributed by atoms with Crippen LogP contribution in [0.25, 0.3) is 0 Å². The van der Waals surface area contributed by atoms with Crippen LogP contribution in [0.5, 0.6) is 0 Å². The first-order valence-electron chi connectivity index (χ1n) is 12.6. The summed E-state index contributed by atoms with van der Waals surface area (Å²) in [5.41, 5.74) is 0. The van der Waals surface area contributed by atoms with E-state index < -0.39 is 0 Å². The van der Waals surface area contributed by atoms with Gasteiger partial charge >= 0.3 is 0 Å². The first-order chi connectivity index (χ1) is 12.8. The van der Waals surface area contributed by atoms with Gasteiger partial charge in [-0.15, -0.1) is 0 Å². The van der Waals surface area contributed by atoms with Crippen molar-refractivity contribution in [3.05, 3.63) is 6.92 Å². The van der Waals surface area contributed by atoms with E-state index in [9.17, 15) is 0 Å². The van der Waals surface area contributed by atoms with Crippen molar-refractivity contribution in [2.45, 2.75) is 155 Å². The second-order valence-electron chi connectivity index (χ2n) is 8.74. The van der Waals surface area contributed by atoms with Gasteiger partial charge in [0.2, 0.25) is 0 Å². The Balaban J connectivity index is 3.29. The molecular weight excluding hydrogens is 312 g/mol. The molecule has 0 heterocycles. The Morgan fingerprint density at radius 2 is 0.731 bits per heavy atom. The Hall–Kier alpha value is 0. The van der Waals surface area contributed by atoms with Crippen molar-refractivity contribution in [3.8, 4) is 0 Å². The summed E-state index contributed by atoms with van der Waals surface area (Å²) >= 11 is 0. The average molecular weight is 366 g/mol. The second kappa shape index (κ2) is 23.0. The van der Waals surface area contributed by atoms with Gasteiger partial charge in [0.1, 0.15) is 0 Å². The molecule has 0 fully saturated rings. The van der Waals surface area contributed by atoms with Gasteiger partial charge in [-0.3, -0.25) is 0 Å². The molecule has 0 heteroatoms. The largest absolute Gasteiger partial charge is 0.0654 e. The summed E-state index contributed by atoms with van der Waals surface area (Å²) in [6.07, 6.45) is 31.7. The molecule has 157 valence electrons. The van der Waals surface area contributed by atoms with Crippen molar-refractivity contribution in [1.82, 2.24) is 0 Å².